The Morgan fingerprint density at radius 1 is 1.22 bits per heavy atom. The number of guanidine groups is 1. The fraction of sp³-hybridized carbons (Fsp3) is 0.550. The van der Waals surface area contributed by atoms with Crippen LogP contribution >= 0.6 is 11.8 Å². The van der Waals surface area contributed by atoms with Gasteiger partial charge in [-0.25, -0.2) is 4.99 Å². The molecule has 0 fully saturated rings. The summed E-state index contributed by atoms with van der Waals surface area (Å²) < 4.78 is 2.27. The zero-order valence-corrected chi connectivity index (χ0v) is 17.4. The van der Waals surface area contributed by atoms with E-state index in [0.29, 0.717) is 6.54 Å². The molecule has 146 valence electrons. The van der Waals surface area contributed by atoms with Gasteiger partial charge in [-0.1, -0.05) is 18.6 Å². The first kappa shape index (κ1) is 19.7. The molecule has 0 aliphatic carbocycles. The van der Waals surface area contributed by atoms with Crippen molar-refractivity contribution >= 4 is 17.7 Å². The number of aryl methyl sites for hydroxylation is 1. The Labute approximate surface area is 166 Å². The summed E-state index contributed by atoms with van der Waals surface area (Å²) in [6.07, 6.45) is 6.81. The summed E-state index contributed by atoms with van der Waals surface area (Å²) in [5.74, 6) is 2.99. The Hall–Kier alpha value is -2.02. The van der Waals surface area contributed by atoms with Crippen molar-refractivity contribution in [3.63, 3.8) is 0 Å². The standard InChI is InChI=1S/C20H30N6S/c1-4-21-20(25(2)15-16-9-11-17(27-3)12-10-16)22-14-19-24-23-18-8-6-5-7-13-26(18)19/h9-12H,4-8,13-15H2,1-3H3,(H,21,22). The van der Waals surface area contributed by atoms with Gasteiger partial charge >= 0.3 is 0 Å². The molecule has 1 N–H and O–H groups in total. The molecule has 6 nitrogen and oxygen atoms in total. The molecule has 27 heavy (non-hydrogen) atoms. The average Bonchev–Trinajstić information content (AvgIpc) is 2.92. The van der Waals surface area contributed by atoms with E-state index in [2.05, 4.69) is 69.5 Å². The van der Waals surface area contributed by atoms with Gasteiger partial charge in [0.15, 0.2) is 11.8 Å². The van der Waals surface area contributed by atoms with Gasteiger partial charge < -0.3 is 14.8 Å². The van der Waals surface area contributed by atoms with Gasteiger partial charge in [0, 0.05) is 38.0 Å². The van der Waals surface area contributed by atoms with E-state index in [0.717, 1.165) is 43.7 Å². The third kappa shape index (κ3) is 5.25. The Kier molecular flexibility index (Phi) is 7.15. The lowest BCUT2D eigenvalue weighted by Crippen LogP contribution is -2.38. The quantitative estimate of drug-likeness (QED) is 0.469. The van der Waals surface area contributed by atoms with Crippen LogP contribution in [-0.4, -0.2) is 45.5 Å². The molecule has 1 aliphatic rings. The lowest BCUT2D eigenvalue weighted by atomic mass is 10.2. The van der Waals surface area contributed by atoms with E-state index in [1.54, 1.807) is 11.8 Å². The van der Waals surface area contributed by atoms with Gasteiger partial charge in [-0.2, -0.15) is 0 Å². The maximum absolute atomic E-state index is 4.83. The number of hydrogen-bond donors (Lipinski definition) is 1. The molecule has 0 saturated carbocycles. The molecule has 3 rings (SSSR count). The van der Waals surface area contributed by atoms with Crippen molar-refractivity contribution in [3.05, 3.63) is 41.5 Å². The van der Waals surface area contributed by atoms with E-state index in [4.69, 9.17) is 4.99 Å². The Morgan fingerprint density at radius 3 is 2.78 bits per heavy atom. The molecule has 0 saturated heterocycles. The molecule has 7 heteroatoms. The molecule has 0 bridgehead atoms. The summed E-state index contributed by atoms with van der Waals surface area (Å²) in [5, 5.41) is 12.2. The molecule has 0 spiro atoms. The van der Waals surface area contributed by atoms with Gasteiger partial charge in [0.25, 0.3) is 0 Å². The number of thioether (sulfide) groups is 1. The van der Waals surface area contributed by atoms with Crippen molar-refractivity contribution in [1.82, 2.24) is 25.0 Å². The maximum Gasteiger partial charge on any atom is 0.194 e. The highest BCUT2D eigenvalue weighted by Gasteiger charge is 2.15. The van der Waals surface area contributed by atoms with Crippen LogP contribution in [0.4, 0.5) is 0 Å². The van der Waals surface area contributed by atoms with Crippen LogP contribution in [0.3, 0.4) is 0 Å². The van der Waals surface area contributed by atoms with E-state index >= 15 is 0 Å². The summed E-state index contributed by atoms with van der Waals surface area (Å²) in [5.41, 5.74) is 1.28. The first-order valence-corrected chi connectivity index (χ1v) is 11.0. The van der Waals surface area contributed by atoms with Crippen LogP contribution in [-0.2, 0) is 26.1 Å². The number of aromatic nitrogens is 3. The van der Waals surface area contributed by atoms with Gasteiger partial charge in [-0.3, -0.25) is 0 Å². The summed E-state index contributed by atoms with van der Waals surface area (Å²) in [7, 11) is 2.08. The summed E-state index contributed by atoms with van der Waals surface area (Å²) >= 11 is 1.77. The monoisotopic (exact) mass is 386 g/mol. The topological polar surface area (TPSA) is 58.3 Å². The van der Waals surface area contributed by atoms with Gasteiger partial charge in [0.1, 0.15) is 12.4 Å². The van der Waals surface area contributed by atoms with Crippen LogP contribution in [0.15, 0.2) is 34.2 Å². The molecule has 1 aliphatic heterocycles. The Balaban J connectivity index is 1.69. The molecule has 2 aromatic rings. The molecular formula is C20H30N6S. The predicted octanol–water partition coefficient (Wildman–Crippen LogP) is 3.32. The van der Waals surface area contributed by atoms with E-state index in [1.807, 2.05) is 0 Å². The highest BCUT2D eigenvalue weighted by atomic mass is 32.2. The molecule has 0 atom stereocenters. The molecule has 0 unspecified atom stereocenters. The highest BCUT2D eigenvalue weighted by molar-refractivity contribution is 7.98. The Bertz CT molecular complexity index is 752. The minimum absolute atomic E-state index is 0.561. The summed E-state index contributed by atoms with van der Waals surface area (Å²) in [6.45, 7) is 5.33. The maximum atomic E-state index is 4.83. The molecule has 0 amide bonds. The van der Waals surface area contributed by atoms with E-state index in [9.17, 15) is 0 Å². The zero-order valence-electron chi connectivity index (χ0n) is 16.6. The van der Waals surface area contributed by atoms with Gasteiger partial charge in [-0.05, 0) is 43.7 Å². The largest absolute Gasteiger partial charge is 0.357 e. The fourth-order valence-electron chi connectivity index (χ4n) is 3.36. The lowest BCUT2D eigenvalue weighted by Gasteiger charge is -2.22. The van der Waals surface area contributed by atoms with Crippen LogP contribution in [0.2, 0.25) is 0 Å². The van der Waals surface area contributed by atoms with Gasteiger partial charge in [0.05, 0.1) is 0 Å². The van der Waals surface area contributed by atoms with E-state index < -0.39 is 0 Å². The highest BCUT2D eigenvalue weighted by Crippen LogP contribution is 2.16. The van der Waals surface area contributed by atoms with Crippen LogP contribution in [0.1, 0.15) is 43.4 Å². The minimum atomic E-state index is 0.561. The predicted molar refractivity (Wildman–Crippen MR) is 112 cm³/mol. The zero-order chi connectivity index (χ0) is 19.1. The second-order valence-corrected chi connectivity index (χ2v) is 7.75. The van der Waals surface area contributed by atoms with Gasteiger partial charge in [0.2, 0.25) is 0 Å². The first-order valence-electron chi connectivity index (χ1n) is 9.74. The molecule has 1 aromatic heterocycles. The van der Waals surface area contributed by atoms with Crippen molar-refractivity contribution in [1.29, 1.82) is 0 Å². The van der Waals surface area contributed by atoms with Crippen LogP contribution in [0.25, 0.3) is 0 Å². The third-order valence-corrected chi connectivity index (χ3v) is 5.58. The second-order valence-electron chi connectivity index (χ2n) is 6.87. The van der Waals surface area contributed by atoms with Crippen LogP contribution in [0, 0.1) is 0 Å². The van der Waals surface area contributed by atoms with Crippen molar-refractivity contribution < 1.29 is 0 Å². The molecule has 1 aromatic carbocycles. The number of fused-ring (bicyclic) bond motifs is 1. The van der Waals surface area contributed by atoms with Crippen molar-refractivity contribution in [3.8, 4) is 0 Å². The van der Waals surface area contributed by atoms with Crippen molar-refractivity contribution in [2.75, 3.05) is 19.8 Å². The summed E-state index contributed by atoms with van der Waals surface area (Å²) in [4.78, 5) is 8.28. The van der Waals surface area contributed by atoms with Crippen LogP contribution in [0.5, 0.6) is 0 Å². The van der Waals surface area contributed by atoms with Crippen molar-refractivity contribution in [2.45, 2.75) is 57.1 Å². The average molecular weight is 387 g/mol. The SMILES string of the molecule is CCNC(=NCc1nnc2n1CCCCC2)N(C)Cc1ccc(SC)cc1. The summed E-state index contributed by atoms with van der Waals surface area (Å²) in [6, 6.07) is 8.71. The molecule has 0 radical (unpaired) electrons. The third-order valence-electron chi connectivity index (χ3n) is 4.83. The van der Waals surface area contributed by atoms with E-state index in [-0.39, 0.29) is 0 Å². The number of hydrogen-bond acceptors (Lipinski definition) is 4. The Morgan fingerprint density at radius 2 is 2.04 bits per heavy atom. The number of rotatable bonds is 6. The number of aliphatic imine (C=N–C) groups is 1. The smallest absolute Gasteiger partial charge is 0.194 e. The minimum Gasteiger partial charge on any atom is -0.357 e. The van der Waals surface area contributed by atoms with Crippen LogP contribution < -0.4 is 5.32 Å². The van der Waals surface area contributed by atoms with E-state index in [1.165, 1.54) is 29.7 Å². The first-order chi connectivity index (χ1) is 13.2. The number of nitrogens with zero attached hydrogens (tertiary/aromatic N) is 5. The fourth-order valence-corrected chi connectivity index (χ4v) is 3.77. The molecular weight excluding hydrogens is 356 g/mol. The van der Waals surface area contributed by atoms with Gasteiger partial charge in [-0.15, -0.1) is 22.0 Å². The second kappa shape index (κ2) is 9.78. The lowest BCUT2D eigenvalue weighted by molar-refractivity contribution is 0.475. The number of benzene rings is 1. The molecule has 2 heterocycles. The van der Waals surface area contributed by atoms with Crippen molar-refractivity contribution in [2.24, 2.45) is 4.99 Å². The normalized spacial score (nSPS) is 14.6. The number of nitrogens with one attached hydrogen (secondary N) is 1.